The zero-order chi connectivity index (χ0) is 70.6. The molecule has 0 radical (unpaired) electrons. The fourth-order valence-corrected chi connectivity index (χ4v) is 13.6. The van der Waals surface area contributed by atoms with Crippen LogP contribution in [-0.4, -0.2) is 134 Å². The molecule has 0 aliphatic carbocycles. The highest BCUT2D eigenvalue weighted by Gasteiger charge is 2.39. The van der Waals surface area contributed by atoms with Gasteiger partial charge in [0.15, 0.2) is 33.3 Å². The Kier molecular flexibility index (Phi) is 37.2. The Hall–Kier alpha value is -4.61. The van der Waals surface area contributed by atoms with Gasteiger partial charge in [-0.05, 0) is 139 Å². The van der Waals surface area contributed by atoms with Crippen LogP contribution in [0, 0.1) is 43.5 Å². The van der Waals surface area contributed by atoms with Crippen molar-refractivity contribution in [3.63, 3.8) is 0 Å². The van der Waals surface area contributed by atoms with Crippen molar-refractivity contribution in [2.24, 2.45) is 0 Å². The third kappa shape index (κ3) is 30.0. The van der Waals surface area contributed by atoms with Gasteiger partial charge in [0.25, 0.3) is 25.6 Å². The number of nitrogens with zero attached hydrogens (tertiary/aromatic N) is 6. The SMILES string of the molecule is CC(O)c1cc(OCCCO[Si](C)(C)C(C)(C)C)ccc1[N+](=O)[O-].[C-]#[N+]CCOP(C)OC(C)c1cc(OCCCO[Si](C)(C)C(C)(C)C)ccc1[N+](=O)[O-].[C-]#[N+]CCOP(OC(C)c1cc(OCCCO[Si](C)(C)C(C)(C)C)ccc1[N+](=O)[O-])N(C(C)C)C(C)C. The lowest BCUT2D eigenvalue weighted by molar-refractivity contribution is -0.386. The highest BCUT2D eigenvalue weighted by atomic mass is 31.2. The molecule has 3 aromatic rings. The molecule has 3 aromatic carbocycles. The fourth-order valence-electron chi connectivity index (χ4n) is 7.74. The molecule has 0 aliphatic rings. The van der Waals surface area contributed by atoms with Crippen LogP contribution in [0.1, 0.15) is 165 Å². The molecule has 520 valence electrons. The van der Waals surface area contributed by atoms with Crippen LogP contribution in [0.2, 0.25) is 54.4 Å². The van der Waals surface area contributed by atoms with Crippen molar-refractivity contribution in [3.8, 4) is 17.2 Å². The van der Waals surface area contributed by atoms with Gasteiger partial charge in [-0.25, -0.2) is 17.8 Å². The molecule has 1 N–H and O–H groups in total. The second-order valence-electron chi connectivity index (χ2n) is 27.2. The number of hydrogen-bond acceptors (Lipinski definition) is 18. The predicted octanol–water partition coefficient (Wildman–Crippen LogP) is 18.5. The Bertz CT molecular complexity index is 2810. The van der Waals surface area contributed by atoms with Crippen LogP contribution in [0.15, 0.2) is 54.6 Å². The molecule has 5 unspecified atom stereocenters. The van der Waals surface area contributed by atoms with E-state index in [1.165, 1.54) is 31.2 Å². The van der Waals surface area contributed by atoms with Crippen molar-refractivity contribution in [2.75, 3.05) is 72.6 Å². The van der Waals surface area contributed by atoms with E-state index in [2.05, 4.69) is 116 Å². The average molecular weight is 1380 g/mol. The molecule has 0 fully saturated rings. The van der Waals surface area contributed by atoms with E-state index in [-0.39, 0.29) is 76.1 Å². The zero-order valence-electron chi connectivity index (χ0n) is 59.3. The zero-order valence-corrected chi connectivity index (χ0v) is 64.1. The van der Waals surface area contributed by atoms with Crippen molar-refractivity contribution in [1.29, 1.82) is 0 Å². The molecule has 5 atom stereocenters. The number of ether oxygens (including phenoxy) is 3. The molecular formula is C64H110N6O17P2Si3. The lowest BCUT2D eigenvalue weighted by atomic mass is 10.1. The van der Waals surface area contributed by atoms with Gasteiger partial charge < -0.3 is 60.4 Å². The highest BCUT2D eigenvalue weighted by molar-refractivity contribution is 7.46. The normalized spacial score (nSPS) is 14.0. The molecule has 0 spiro atoms. The lowest BCUT2D eigenvalue weighted by Crippen LogP contribution is -2.41. The molecule has 92 heavy (non-hydrogen) atoms. The number of aliphatic hydroxyl groups is 1. The summed E-state index contributed by atoms with van der Waals surface area (Å²) >= 11 is 0. The first-order valence-electron chi connectivity index (χ1n) is 31.4. The molecule has 0 aromatic heterocycles. The van der Waals surface area contributed by atoms with Crippen molar-refractivity contribution in [3.05, 3.63) is 124 Å². The first kappa shape index (κ1) is 85.4. The maximum atomic E-state index is 11.8. The third-order valence-electron chi connectivity index (χ3n) is 16.1. The Labute approximate surface area is 555 Å². The number of nitro benzene ring substituents is 3. The predicted molar refractivity (Wildman–Crippen MR) is 375 cm³/mol. The molecule has 0 amide bonds. The van der Waals surface area contributed by atoms with Crippen LogP contribution in [-0.2, 0) is 31.4 Å². The van der Waals surface area contributed by atoms with E-state index in [1.54, 1.807) is 50.8 Å². The second kappa shape index (κ2) is 40.1. The maximum absolute atomic E-state index is 11.8. The van der Waals surface area contributed by atoms with Crippen molar-refractivity contribution >= 4 is 58.9 Å². The van der Waals surface area contributed by atoms with Crippen LogP contribution in [0.25, 0.3) is 9.69 Å². The molecule has 23 nitrogen and oxygen atoms in total. The van der Waals surface area contributed by atoms with Crippen molar-refractivity contribution < 1.29 is 65.5 Å². The van der Waals surface area contributed by atoms with Crippen LogP contribution in [0.3, 0.4) is 0 Å². The van der Waals surface area contributed by atoms with Gasteiger partial charge in [-0.3, -0.25) is 30.3 Å². The Balaban J connectivity index is 0.000000706. The minimum atomic E-state index is -1.81. The van der Waals surface area contributed by atoms with E-state index < -0.39 is 74.9 Å². The maximum Gasteiger partial charge on any atom is 0.275 e. The van der Waals surface area contributed by atoms with Gasteiger partial charge in [0, 0.05) is 76.0 Å². The minimum Gasteiger partial charge on any atom is -0.493 e. The summed E-state index contributed by atoms with van der Waals surface area (Å²) in [7, 11) is -8.13. The summed E-state index contributed by atoms with van der Waals surface area (Å²) < 4.78 is 61.5. The third-order valence-corrected chi connectivity index (χ3v) is 33.0. The number of benzene rings is 3. The van der Waals surface area contributed by atoms with E-state index in [0.717, 1.165) is 19.3 Å². The van der Waals surface area contributed by atoms with E-state index in [9.17, 15) is 35.4 Å². The lowest BCUT2D eigenvalue weighted by Gasteiger charge is -2.36. The van der Waals surface area contributed by atoms with Crippen LogP contribution < -0.4 is 14.2 Å². The van der Waals surface area contributed by atoms with Gasteiger partial charge >= 0.3 is 0 Å². The van der Waals surface area contributed by atoms with E-state index in [0.29, 0.717) is 68.0 Å². The molecule has 0 saturated heterocycles. The Morgan fingerprint density at radius 2 is 0.804 bits per heavy atom. The highest BCUT2D eigenvalue weighted by Crippen LogP contribution is 2.51. The summed E-state index contributed by atoms with van der Waals surface area (Å²) in [6.45, 7) is 66.2. The fraction of sp³-hybridized carbons (Fsp3) is 0.688. The van der Waals surface area contributed by atoms with Gasteiger partial charge in [0.2, 0.25) is 13.1 Å². The first-order chi connectivity index (χ1) is 42.5. The topological polar surface area (TPSA) is 254 Å². The van der Waals surface area contributed by atoms with Gasteiger partial charge in [0.1, 0.15) is 30.5 Å². The van der Waals surface area contributed by atoms with Gasteiger partial charge in [-0.1, -0.05) is 62.3 Å². The number of nitro groups is 3. The molecule has 0 bridgehead atoms. The quantitative estimate of drug-likeness (QED) is 0.0141. The van der Waals surface area contributed by atoms with Gasteiger partial charge in [0.05, 0.1) is 69.6 Å². The summed E-state index contributed by atoms with van der Waals surface area (Å²) in [5.74, 6) is 1.62. The van der Waals surface area contributed by atoms with Gasteiger partial charge in [-0.15, -0.1) is 0 Å². The minimum absolute atomic E-state index is 0.0225. The van der Waals surface area contributed by atoms with Crippen molar-refractivity contribution in [1.82, 2.24) is 4.67 Å². The molecule has 0 saturated carbocycles. The summed E-state index contributed by atoms with van der Waals surface area (Å²) in [5.41, 5.74) is 0.967. The molecule has 28 heteroatoms. The summed E-state index contributed by atoms with van der Waals surface area (Å²) in [6, 6.07) is 14.2. The molecule has 0 aliphatic heterocycles. The summed E-state index contributed by atoms with van der Waals surface area (Å²) in [5, 5.41) is 44.4. The van der Waals surface area contributed by atoms with Gasteiger partial charge in [-0.2, -0.15) is 0 Å². The Morgan fingerprint density at radius 3 is 1.10 bits per heavy atom. The standard InChI is InChI=1S/C26H46N3O6PSi.C21H35N2O6PSi.C17H29NO5Si/c1-20(2)28(21(3)4)36(33-18-15-27-9)35-22(5)24-19-23(13-14-25(24)29(30)31)32-16-12-17-34-37(10,11)26(6,7)8;1-17(29-30(6)27-15-12-22-5)19-16-18(10-11-20(19)23(24)25)26-13-9-14-28-31(7,8)21(2,3)4;1-13(19)15-12-14(8-9-16(15)18(20)21)22-10-7-11-23-24(5,6)17(2,3)4/h13-14,19-22H,12,15-18H2,1-8,10-11H3;10-11,16-17H,9,12-15H2,1-4,6-8H3;8-9,12-13,19H,7,10-11H2,1-6H3. The number of rotatable bonds is 37. The average Bonchev–Trinajstić information content (AvgIpc) is 0.950. The molecular weight excluding hydrogens is 1270 g/mol. The Morgan fingerprint density at radius 1 is 0.500 bits per heavy atom. The first-order valence-corrected chi connectivity index (χ1v) is 42.9. The van der Waals surface area contributed by atoms with Crippen LogP contribution in [0.4, 0.5) is 17.1 Å². The second-order valence-corrected chi connectivity index (χ2v) is 44.4. The molecule has 0 heterocycles. The van der Waals surface area contributed by atoms with E-state index >= 15 is 0 Å². The monoisotopic (exact) mass is 1380 g/mol. The summed E-state index contributed by atoms with van der Waals surface area (Å²) in [6.07, 6.45) is 0.117. The van der Waals surface area contributed by atoms with Crippen LogP contribution in [0.5, 0.6) is 17.2 Å². The van der Waals surface area contributed by atoms with E-state index in [4.69, 9.17) is 58.7 Å². The summed E-state index contributed by atoms with van der Waals surface area (Å²) in [4.78, 5) is 39.4. The number of hydrogen-bond donors (Lipinski definition) is 1. The number of aliphatic hydroxyl groups excluding tert-OH is 1. The molecule has 3 rings (SSSR count). The smallest absolute Gasteiger partial charge is 0.275 e. The van der Waals surface area contributed by atoms with E-state index in [1.807, 2.05) is 27.7 Å². The largest absolute Gasteiger partial charge is 0.493 e. The van der Waals surface area contributed by atoms with Crippen LogP contribution >= 0.6 is 16.9 Å². The van der Waals surface area contributed by atoms with Crippen molar-refractivity contribution in [2.45, 2.75) is 215 Å².